The summed E-state index contributed by atoms with van der Waals surface area (Å²) in [4.78, 5) is 13.0. The molecule has 0 radical (unpaired) electrons. The summed E-state index contributed by atoms with van der Waals surface area (Å²) in [6.45, 7) is 3.03. The zero-order chi connectivity index (χ0) is 21.1. The fourth-order valence-electron chi connectivity index (χ4n) is 3.72. The molecule has 0 N–H and O–H groups in total. The van der Waals surface area contributed by atoms with Crippen LogP contribution in [0.4, 0.5) is 0 Å². The number of ether oxygens (including phenoxy) is 4. The summed E-state index contributed by atoms with van der Waals surface area (Å²) in [6.07, 6.45) is 3.21. The first kappa shape index (κ1) is 23.8. The van der Waals surface area contributed by atoms with Gasteiger partial charge in [-0.15, -0.1) is 0 Å². The molecule has 1 unspecified atom stereocenters. The molecule has 1 atom stereocenters. The van der Waals surface area contributed by atoms with E-state index >= 15 is 0 Å². The van der Waals surface area contributed by atoms with E-state index in [4.69, 9.17) is 18.9 Å². The maximum Gasteiger partial charge on any atom is 1.00 e. The summed E-state index contributed by atoms with van der Waals surface area (Å²) in [6, 6.07) is 11.1. The number of fused-ring (bicyclic) bond motifs is 1. The third-order valence-corrected chi connectivity index (χ3v) is 6.64. The van der Waals surface area contributed by atoms with Crippen molar-refractivity contribution in [1.29, 1.82) is 0 Å². The molecule has 3 aromatic rings. The van der Waals surface area contributed by atoms with Gasteiger partial charge < -0.3 is 28.9 Å². The molecule has 2 saturated heterocycles. The average Bonchev–Trinajstić information content (AvgIpc) is 3.24. The Kier molecular flexibility index (Phi) is 7.99. The van der Waals surface area contributed by atoms with E-state index in [1.165, 1.54) is 0 Å². The van der Waals surface area contributed by atoms with Crippen molar-refractivity contribution in [3.63, 3.8) is 0 Å². The molecule has 10 heteroatoms. The third-order valence-electron chi connectivity index (χ3n) is 5.49. The molecule has 0 bridgehead atoms. The van der Waals surface area contributed by atoms with E-state index < -0.39 is 16.6 Å². The van der Waals surface area contributed by atoms with Crippen LogP contribution in [0.3, 0.4) is 0 Å². The van der Waals surface area contributed by atoms with Gasteiger partial charge in [0.15, 0.2) is 5.79 Å². The molecule has 1 spiro atoms. The van der Waals surface area contributed by atoms with Crippen LogP contribution in [0.15, 0.2) is 47.8 Å². The Labute approximate surface area is 211 Å². The van der Waals surface area contributed by atoms with Gasteiger partial charge in [-0.1, -0.05) is 24.3 Å². The second-order valence-corrected chi connectivity index (χ2v) is 9.13. The Morgan fingerprint density at radius 3 is 2.72 bits per heavy atom. The third kappa shape index (κ3) is 5.59. The first-order chi connectivity index (χ1) is 15.2. The summed E-state index contributed by atoms with van der Waals surface area (Å²) < 4.78 is 36.1. The van der Waals surface area contributed by atoms with Crippen molar-refractivity contribution in [2.45, 2.75) is 29.5 Å². The molecule has 5 rings (SSSR count). The van der Waals surface area contributed by atoms with Gasteiger partial charge in [-0.25, -0.2) is 0 Å². The van der Waals surface area contributed by atoms with Crippen molar-refractivity contribution in [1.82, 2.24) is 15.0 Å². The van der Waals surface area contributed by atoms with Crippen LogP contribution in [0.25, 0.3) is 11.0 Å². The minimum absolute atomic E-state index is 0. The van der Waals surface area contributed by atoms with Crippen LogP contribution in [0.2, 0.25) is 0 Å². The number of nitrogens with zero attached hydrogens (tertiary/aromatic N) is 3. The van der Waals surface area contributed by atoms with E-state index in [-0.39, 0.29) is 41.2 Å². The number of aromatic nitrogens is 3. The molecule has 0 amide bonds. The SMILES string of the molecule is O=S(Cc1cc(OCC2COC3(CCOCC3)OC2)ccn1)c1nc2ccccc2[n-]1.[Na+]. The minimum Gasteiger partial charge on any atom is -0.493 e. The van der Waals surface area contributed by atoms with Gasteiger partial charge in [0, 0.05) is 36.2 Å². The van der Waals surface area contributed by atoms with E-state index in [0.717, 1.165) is 23.9 Å². The molecule has 8 nitrogen and oxygen atoms in total. The summed E-state index contributed by atoms with van der Waals surface area (Å²) in [5, 5.41) is 0.327. The van der Waals surface area contributed by atoms with Gasteiger partial charge in [-0.3, -0.25) is 9.19 Å². The van der Waals surface area contributed by atoms with Crippen molar-refractivity contribution in [3.05, 3.63) is 48.3 Å². The van der Waals surface area contributed by atoms with Crippen molar-refractivity contribution in [2.75, 3.05) is 33.0 Å². The normalized spacial score (nSPS) is 19.5. The standard InChI is InChI=1S/C22H24N3O5S.Na/c26-31(21-24-19-3-1-2-4-20(19)25-21)15-17-11-18(5-8-23-17)28-12-16-13-29-22(30-14-16)6-9-27-10-7-22;/h1-5,8,11,16H,6-7,9-10,12-15H2;/q-1;+1. The first-order valence-corrected chi connectivity index (χ1v) is 11.7. The number of hydrogen-bond donors (Lipinski definition) is 0. The van der Waals surface area contributed by atoms with E-state index in [2.05, 4.69) is 15.0 Å². The zero-order valence-corrected chi connectivity index (χ0v) is 20.9. The predicted octanol–water partition coefficient (Wildman–Crippen LogP) is -0.553. The number of imidazole rings is 1. The Balaban J connectivity index is 0.00000245. The van der Waals surface area contributed by atoms with Crippen LogP contribution in [0, 0.1) is 5.92 Å². The second kappa shape index (κ2) is 10.7. The number of benzene rings is 1. The fourth-order valence-corrected chi connectivity index (χ4v) is 4.68. The molecule has 32 heavy (non-hydrogen) atoms. The van der Waals surface area contributed by atoms with E-state index in [1.54, 1.807) is 12.3 Å². The van der Waals surface area contributed by atoms with E-state index in [9.17, 15) is 4.21 Å². The van der Waals surface area contributed by atoms with Gasteiger partial charge >= 0.3 is 29.6 Å². The number of hydrogen-bond acceptors (Lipinski definition) is 7. The van der Waals surface area contributed by atoms with Gasteiger partial charge in [0.05, 0.1) is 55.3 Å². The van der Waals surface area contributed by atoms with Gasteiger partial charge in [0.1, 0.15) is 5.75 Å². The average molecular weight is 466 g/mol. The summed E-state index contributed by atoms with van der Waals surface area (Å²) in [5.74, 6) is 0.593. The zero-order valence-electron chi connectivity index (χ0n) is 18.1. The largest absolute Gasteiger partial charge is 1.00 e. The van der Waals surface area contributed by atoms with E-state index in [0.29, 0.717) is 49.6 Å². The Morgan fingerprint density at radius 2 is 1.94 bits per heavy atom. The molecule has 2 fully saturated rings. The quantitative estimate of drug-likeness (QED) is 0.448. The first-order valence-electron chi connectivity index (χ1n) is 10.4. The van der Waals surface area contributed by atoms with Crippen LogP contribution in [0.5, 0.6) is 5.75 Å². The summed E-state index contributed by atoms with van der Waals surface area (Å²) in [5.41, 5.74) is 2.16. The Bertz CT molecular complexity index is 1030. The Hall–Kier alpha value is -1.33. The number of rotatable bonds is 6. The monoisotopic (exact) mass is 465 g/mol. The molecular weight excluding hydrogens is 441 g/mol. The van der Waals surface area contributed by atoms with Crippen LogP contribution < -0.4 is 39.3 Å². The maximum atomic E-state index is 12.7. The number of pyridine rings is 1. The van der Waals surface area contributed by atoms with Crippen molar-refractivity contribution < 1.29 is 52.7 Å². The molecule has 0 aliphatic carbocycles. The topological polar surface area (TPSA) is 93.9 Å². The molecule has 1 aromatic carbocycles. The van der Waals surface area contributed by atoms with E-state index in [1.807, 2.05) is 30.3 Å². The van der Waals surface area contributed by atoms with Gasteiger partial charge in [-0.05, 0) is 17.1 Å². The smallest absolute Gasteiger partial charge is 0.493 e. The van der Waals surface area contributed by atoms with Crippen molar-refractivity contribution >= 4 is 21.8 Å². The maximum absolute atomic E-state index is 12.7. The van der Waals surface area contributed by atoms with Crippen molar-refractivity contribution in [3.8, 4) is 5.75 Å². The summed E-state index contributed by atoms with van der Waals surface area (Å²) >= 11 is 0. The molecule has 164 valence electrons. The second-order valence-electron chi connectivity index (χ2n) is 7.79. The van der Waals surface area contributed by atoms with Gasteiger partial charge in [0.25, 0.3) is 0 Å². The van der Waals surface area contributed by atoms with Crippen molar-refractivity contribution in [2.24, 2.45) is 5.92 Å². The molecule has 2 aliphatic rings. The van der Waals surface area contributed by atoms with Crippen LogP contribution in [0.1, 0.15) is 18.5 Å². The molecule has 4 heterocycles. The fraction of sp³-hybridized carbons (Fsp3) is 0.455. The molecule has 0 saturated carbocycles. The minimum atomic E-state index is -1.38. The van der Waals surface area contributed by atoms with Gasteiger partial charge in [0.2, 0.25) is 0 Å². The molecule has 2 aromatic heterocycles. The molecule has 2 aliphatic heterocycles. The van der Waals surface area contributed by atoms with Crippen LogP contribution >= 0.6 is 0 Å². The number of para-hydroxylation sites is 2. The van der Waals surface area contributed by atoms with Gasteiger partial charge in [-0.2, -0.15) is 0 Å². The molecular formula is C22H24N3NaO5S. The van der Waals surface area contributed by atoms with Crippen LogP contribution in [-0.2, 0) is 30.8 Å². The summed E-state index contributed by atoms with van der Waals surface area (Å²) in [7, 11) is -1.38. The predicted molar refractivity (Wildman–Crippen MR) is 113 cm³/mol. The Morgan fingerprint density at radius 1 is 1.16 bits per heavy atom. The van der Waals surface area contributed by atoms with Crippen LogP contribution in [-0.4, -0.2) is 53.0 Å².